The van der Waals surface area contributed by atoms with Crippen LogP contribution in [0, 0.1) is 0 Å². The molecule has 0 bridgehead atoms. The number of ether oxygens (including phenoxy) is 2. The molecule has 0 aliphatic carbocycles. The molecule has 0 unspecified atom stereocenters. The van der Waals surface area contributed by atoms with Gasteiger partial charge in [0.1, 0.15) is 0 Å². The first-order valence-electron chi connectivity index (χ1n) is 6.72. The van der Waals surface area contributed by atoms with Crippen LogP contribution in [-0.4, -0.2) is 41.2 Å². The van der Waals surface area contributed by atoms with Gasteiger partial charge in [-0.25, -0.2) is 14.3 Å². The van der Waals surface area contributed by atoms with Crippen molar-refractivity contribution in [2.75, 3.05) is 14.2 Å². The molecule has 22 heavy (non-hydrogen) atoms. The van der Waals surface area contributed by atoms with Gasteiger partial charge in [-0.05, 0) is 23.6 Å². The van der Waals surface area contributed by atoms with Crippen LogP contribution in [0.4, 0.5) is 0 Å². The van der Waals surface area contributed by atoms with E-state index < -0.39 is 11.9 Å². The molecule has 2 rings (SSSR count). The molecule has 1 aromatic carbocycles. The standard InChI is InChI=1S/C15H17N3O4/c1-9(2)10-5-7-11(8-6-10)18-13(15(20)22-4)12(16-17-18)14(19)21-3/h5-9H,1-4H3. The first-order chi connectivity index (χ1) is 10.5. The molecule has 7 heteroatoms. The molecule has 7 nitrogen and oxygen atoms in total. The van der Waals surface area contributed by atoms with Gasteiger partial charge >= 0.3 is 11.9 Å². The molecular weight excluding hydrogens is 286 g/mol. The molecule has 0 fully saturated rings. The molecular formula is C15H17N3O4. The average molecular weight is 303 g/mol. The summed E-state index contributed by atoms with van der Waals surface area (Å²) in [6, 6.07) is 7.47. The van der Waals surface area contributed by atoms with Gasteiger partial charge in [-0.1, -0.05) is 31.2 Å². The minimum absolute atomic E-state index is 0.0633. The van der Waals surface area contributed by atoms with Gasteiger partial charge in [0, 0.05) is 0 Å². The molecule has 2 aromatic rings. The summed E-state index contributed by atoms with van der Waals surface area (Å²) in [7, 11) is 2.43. The van der Waals surface area contributed by atoms with Crippen molar-refractivity contribution < 1.29 is 19.1 Å². The van der Waals surface area contributed by atoms with Gasteiger partial charge in [0.05, 0.1) is 19.9 Å². The summed E-state index contributed by atoms with van der Waals surface area (Å²) >= 11 is 0. The van der Waals surface area contributed by atoms with Gasteiger partial charge < -0.3 is 9.47 Å². The summed E-state index contributed by atoms with van der Waals surface area (Å²) < 4.78 is 10.6. The summed E-state index contributed by atoms with van der Waals surface area (Å²) in [4.78, 5) is 23.7. The van der Waals surface area contributed by atoms with Gasteiger partial charge in [0.2, 0.25) is 5.69 Å². The molecule has 116 valence electrons. The largest absolute Gasteiger partial charge is 0.464 e. The monoisotopic (exact) mass is 303 g/mol. The number of benzene rings is 1. The van der Waals surface area contributed by atoms with Crippen LogP contribution in [0.2, 0.25) is 0 Å². The maximum Gasteiger partial charge on any atom is 0.361 e. The van der Waals surface area contributed by atoms with E-state index in [1.165, 1.54) is 18.9 Å². The Morgan fingerprint density at radius 1 is 1.05 bits per heavy atom. The van der Waals surface area contributed by atoms with E-state index in [1.807, 2.05) is 12.1 Å². The lowest BCUT2D eigenvalue weighted by atomic mass is 10.0. The molecule has 0 atom stereocenters. The number of carbonyl (C=O) groups excluding carboxylic acids is 2. The Hall–Kier alpha value is -2.70. The number of carbonyl (C=O) groups is 2. The number of rotatable bonds is 4. The number of nitrogens with zero attached hydrogens (tertiary/aromatic N) is 3. The second-order valence-electron chi connectivity index (χ2n) is 4.93. The third-order valence-electron chi connectivity index (χ3n) is 3.23. The zero-order chi connectivity index (χ0) is 16.3. The highest BCUT2D eigenvalue weighted by Gasteiger charge is 2.27. The minimum atomic E-state index is -0.745. The summed E-state index contributed by atoms with van der Waals surface area (Å²) in [6.07, 6.45) is 0. The third kappa shape index (κ3) is 2.83. The molecule has 0 amide bonds. The zero-order valence-corrected chi connectivity index (χ0v) is 12.9. The maximum atomic E-state index is 12.0. The zero-order valence-electron chi connectivity index (χ0n) is 12.9. The van der Waals surface area contributed by atoms with Gasteiger partial charge in [-0.2, -0.15) is 0 Å². The summed E-state index contributed by atoms with van der Waals surface area (Å²) in [5, 5.41) is 7.59. The minimum Gasteiger partial charge on any atom is -0.464 e. The van der Waals surface area contributed by atoms with Crippen molar-refractivity contribution in [3.05, 3.63) is 41.2 Å². The summed E-state index contributed by atoms with van der Waals surface area (Å²) in [5.41, 5.74) is 1.51. The molecule has 0 N–H and O–H groups in total. The second kappa shape index (κ2) is 6.38. The van der Waals surface area contributed by atoms with E-state index >= 15 is 0 Å². The molecule has 0 spiro atoms. The lowest BCUT2D eigenvalue weighted by Gasteiger charge is -2.08. The number of hydrogen-bond acceptors (Lipinski definition) is 6. The van der Waals surface area contributed by atoms with E-state index in [0.29, 0.717) is 11.6 Å². The van der Waals surface area contributed by atoms with Gasteiger partial charge in [-0.3, -0.25) is 0 Å². The molecule has 0 saturated carbocycles. The van der Waals surface area contributed by atoms with Crippen LogP contribution in [0.25, 0.3) is 5.69 Å². The molecule has 0 saturated heterocycles. The van der Waals surface area contributed by atoms with Crippen LogP contribution < -0.4 is 0 Å². The summed E-state index contributed by atoms with van der Waals surface area (Å²) in [6.45, 7) is 4.17. The fourth-order valence-electron chi connectivity index (χ4n) is 1.98. The molecule has 0 radical (unpaired) electrons. The van der Waals surface area contributed by atoms with Crippen LogP contribution in [-0.2, 0) is 9.47 Å². The highest BCUT2D eigenvalue weighted by molar-refractivity contribution is 6.00. The van der Waals surface area contributed by atoms with Crippen molar-refractivity contribution in [1.82, 2.24) is 15.0 Å². The van der Waals surface area contributed by atoms with Crippen molar-refractivity contribution in [3.63, 3.8) is 0 Å². The first-order valence-corrected chi connectivity index (χ1v) is 6.72. The van der Waals surface area contributed by atoms with Gasteiger partial charge in [-0.15, -0.1) is 5.10 Å². The predicted molar refractivity (Wildman–Crippen MR) is 78.1 cm³/mol. The normalized spacial score (nSPS) is 10.6. The summed E-state index contributed by atoms with van der Waals surface area (Å²) in [5.74, 6) is -1.07. The SMILES string of the molecule is COC(=O)c1nnn(-c2ccc(C(C)C)cc2)c1C(=O)OC. The highest BCUT2D eigenvalue weighted by Crippen LogP contribution is 2.19. The Balaban J connectivity index is 2.53. The topological polar surface area (TPSA) is 83.3 Å². The van der Waals surface area contributed by atoms with Crippen molar-refractivity contribution in [2.24, 2.45) is 0 Å². The van der Waals surface area contributed by atoms with Crippen molar-refractivity contribution in [1.29, 1.82) is 0 Å². The van der Waals surface area contributed by atoms with E-state index in [-0.39, 0.29) is 11.4 Å². The third-order valence-corrected chi connectivity index (χ3v) is 3.23. The smallest absolute Gasteiger partial charge is 0.361 e. The fourth-order valence-corrected chi connectivity index (χ4v) is 1.98. The fraction of sp³-hybridized carbons (Fsp3) is 0.333. The Kier molecular flexibility index (Phi) is 4.55. The van der Waals surface area contributed by atoms with E-state index in [9.17, 15) is 9.59 Å². The number of methoxy groups -OCH3 is 2. The first kappa shape index (κ1) is 15.7. The van der Waals surface area contributed by atoms with Gasteiger partial charge in [0.15, 0.2) is 5.69 Å². The van der Waals surface area contributed by atoms with Crippen LogP contribution >= 0.6 is 0 Å². The Bertz CT molecular complexity index is 689. The predicted octanol–water partition coefficient (Wildman–Crippen LogP) is 1.96. The number of esters is 2. The van der Waals surface area contributed by atoms with Crippen molar-refractivity contribution in [3.8, 4) is 5.69 Å². The second-order valence-corrected chi connectivity index (χ2v) is 4.93. The van der Waals surface area contributed by atoms with Crippen molar-refractivity contribution >= 4 is 11.9 Å². The number of aromatic nitrogens is 3. The Morgan fingerprint density at radius 2 is 1.64 bits per heavy atom. The van der Waals surface area contributed by atoms with Crippen molar-refractivity contribution in [2.45, 2.75) is 19.8 Å². The van der Waals surface area contributed by atoms with E-state index in [0.717, 1.165) is 5.56 Å². The lowest BCUT2D eigenvalue weighted by Crippen LogP contribution is -2.15. The maximum absolute atomic E-state index is 12.0. The van der Waals surface area contributed by atoms with Crippen LogP contribution in [0.3, 0.4) is 0 Å². The molecule has 1 aromatic heterocycles. The van der Waals surface area contributed by atoms with Crippen LogP contribution in [0.15, 0.2) is 24.3 Å². The van der Waals surface area contributed by atoms with E-state index in [2.05, 4.69) is 28.9 Å². The van der Waals surface area contributed by atoms with E-state index in [4.69, 9.17) is 4.74 Å². The molecule has 0 aliphatic rings. The molecule has 1 heterocycles. The van der Waals surface area contributed by atoms with Crippen LogP contribution in [0.5, 0.6) is 0 Å². The highest BCUT2D eigenvalue weighted by atomic mass is 16.5. The molecule has 0 aliphatic heterocycles. The number of hydrogen-bond donors (Lipinski definition) is 0. The average Bonchev–Trinajstić information content (AvgIpc) is 2.98. The van der Waals surface area contributed by atoms with Crippen LogP contribution in [0.1, 0.15) is 46.3 Å². The van der Waals surface area contributed by atoms with E-state index in [1.54, 1.807) is 12.1 Å². The lowest BCUT2D eigenvalue weighted by molar-refractivity contribution is 0.0546. The Morgan fingerprint density at radius 3 is 2.14 bits per heavy atom. The Labute approximate surface area is 127 Å². The van der Waals surface area contributed by atoms with Gasteiger partial charge in [0.25, 0.3) is 0 Å². The quantitative estimate of drug-likeness (QED) is 0.803.